The molecule has 1 aliphatic heterocycles. The van der Waals surface area contributed by atoms with Crippen LogP contribution in [0.5, 0.6) is 0 Å². The van der Waals surface area contributed by atoms with E-state index in [1.807, 2.05) is 0 Å². The van der Waals surface area contributed by atoms with Gasteiger partial charge in [-0.05, 0) is 13.8 Å². The Bertz CT molecular complexity index is 334. The van der Waals surface area contributed by atoms with E-state index in [4.69, 9.17) is 9.84 Å². The molecule has 0 amide bonds. The number of rotatable bonds is 3. The van der Waals surface area contributed by atoms with Gasteiger partial charge in [-0.1, -0.05) is 0 Å². The first-order valence-corrected chi connectivity index (χ1v) is 5.67. The zero-order valence-electron chi connectivity index (χ0n) is 8.06. The molecule has 0 bridgehead atoms. The monoisotopic (exact) mass is 223 g/mol. The molecule has 1 N–H and O–H groups in total. The van der Waals surface area contributed by atoms with Crippen molar-refractivity contribution in [2.24, 2.45) is 0 Å². The van der Waals surface area contributed by atoms with Crippen LogP contribution in [0.25, 0.3) is 0 Å². The van der Waals surface area contributed by atoms with Crippen molar-refractivity contribution >= 4 is 16.0 Å². The third kappa shape index (κ3) is 2.23. The first-order chi connectivity index (χ1) is 6.26. The van der Waals surface area contributed by atoms with Crippen molar-refractivity contribution in [2.75, 3.05) is 19.1 Å². The van der Waals surface area contributed by atoms with Crippen LogP contribution in [-0.4, -0.2) is 48.4 Å². The number of aliphatic carboxylic acids is 1. The molecule has 0 radical (unpaired) electrons. The highest BCUT2D eigenvalue weighted by atomic mass is 32.2. The highest BCUT2D eigenvalue weighted by molar-refractivity contribution is 7.89. The molecule has 1 saturated heterocycles. The minimum atomic E-state index is -3.76. The van der Waals surface area contributed by atoms with Gasteiger partial charge in [0.2, 0.25) is 10.0 Å². The van der Waals surface area contributed by atoms with E-state index in [1.165, 1.54) is 0 Å². The summed E-state index contributed by atoms with van der Waals surface area (Å²) < 4.78 is 29.1. The lowest BCUT2D eigenvalue weighted by atomic mass is 10.1. The lowest BCUT2D eigenvalue weighted by Gasteiger charge is -2.27. The molecule has 0 saturated carbocycles. The number of hydrogen-bond donors (Lipinski definition) is 1. The summed E-state index contributed by atoms with van der Waals surface area (Å²) in [5, 5.41) is 8.43. The Morgan fingerprint density at radius 3 is 2.50 bits per heavy atom. The van der Waals surface area contributed by atoms with Gasteiger partial charge in [-0.25, -0.2) is 8.42 Å². The van der Waals surface area contributed by atoms with Crippen LogP contribution in [0.2, 0.25) is 0 Å². The third-order valence-electron chi connectivity index (χ3n) is 1.98. The van der Waals surface area contributed by atoms with Gasteiger partial charge in [0.15, 0.2) is 5.75 Å². The van der Waals surface area contributed by atoms with Gasteiger partial charge in [0.25, 0.3) is 0 Å². The van der Waals surface area contributed by atoms with Crippen molar-refractivity contribution in [3.05, 3.63) is 0 Å². The predicted octanol–water partition coefficient (Wildman–Crippen LogP) is -0.531. The average molecular weight is 223 g/mol. The zero-order chi connectivity index (χ0) is 11.0. The van der Waals surface area contributed by atoms with Crippen LogP contribution >= 0.6 is 0 Å². The fourth-order valence-electron chi connectivity index (χ4n) is 1.32. The molecule has 0 spiro atoms. The summed E-state index contributed by atoms with van der Waals surface area (Å²) in [6.07, 6.45) is 0. The van der Waals surface area contributed by atoms with E-state index in [0.717, 1.165) is 4.31 Å². The summed E-state index contributed by atoms with van der Waals surface area (Å²) in [5.74, 6) is -2.24. The Morgan fingerprint density at radius 1 is 1.57 bits per heavy atom. The Hall–Kier alpha value is -0.660. The van der Waals surface area contributed by atoms with Crippen LogP contribution < -0.4 is 0 Å². The Morgan fingerprint density at radius 2 is 2.14 bits per heavy atom. The quantitative estimate of drug-likeness (QED) is 0.695. The molecule has 14 heavy (non-hydrogen) atoms. The smallest absolute Gasteiger partial charge is 0.320 e. The van der Waals surface area contributed by atoms with E-state index in [1.54, 1.807) is 13.8 Å². The summed E-state index contributed by atoms with van der Waals surface area (Å²) in [5.41, 5.74) is -0.658. The lowest BCUT2D eigenvalue weighted by molar-refractivity contribution is -0.134. The van der Waals surface area contributed by atoms with Crippen molar-refractivity contribution < 1.29 is 23.1 Å². The summed E-state index contributed by atoms with van der Waals surface area (Å²) in [6.45, 7) is 3.60. The first-order valence-electron chi connectivity index (χ1n) is 4.06. The molecule has 1 heterocycles. The maximum atomic E-state index is 11.5. The Labute approximate surface area is 82.5 Å². The number of sulfonamides is 1. The van der Waals surface area contributed by atoms with E-state index >= 15 is 0 Å². The van der Waals surface area contributed by atoms with Crippen LogP contribution in [0.15, 0.2) is 0 Å². The standard InChI is InChI=1S/C7H13NO5S/c1-7(2)4-13-5-8(7)14(11,12)3-6(9)10/h3-5H2,1-2H3,(H,9,10). The first kappa shape index (κ1) is 11.4. The highest BCUT2D eigenvalue weighted by Gasteiger charge is 2.41. The van der Waals surface area contributed by atoms with Gasteiger partial charge in [0, 0.05) is 0 Å². The second kappa shape index (κ2) is 3.48. The minimum absolute atomic E-state index is 0.0669. The van der Waals surface area contributed by atoms with Crippen LogP contribution in [0.1, 0.15) is 13.8 Å². The van der Waals surface area contributed by atoms with Crippen LogP contribution in [-0.2, 0) is 19.6 Å². The normalized spacial score (nSPS) is 22.4. The van der Waals surface area contributed by atoms with E-state index < -0.39 is 27.3 Å². The van der Waals surface area contributed by atoms with Crippen molar-refractivity contribution in [1.82, 2.24) is 4.31 Å². The van der Waals surface area contributed by atoms with E-state index in [9.17, 15) is 13.2 Å². The average Bonchev–Trinajstić information content (AvgIpc) is 2.26. The van der Waals surface area contributed by atoms with Crippen molar-refractivity contribution in [1.29, 1.82) is 0 Å². The number of ether oxygens (including phenoxy) is 1. The molecular formula is C7H13NO5S. The van der Waals surface area contributed by atoms with Crippen molar-refractivity contribution in [3.8, 4) is 0 Å². The highest BCUT2D eigenvalue weighted by Crippen LogP contribution is 2.24. The Kier molecular flexibility index (Phi) is 2.84. The number of carboxylic acid groups (broad SMARTS) is 1. The molecule has 1 fully saturated rings. The number of hydrogen-bond acceptors (Lipinski definition) is 4. The molecule has 0 atom stereocenters. The number of carboxylic acids is 1. The molecule has 1 rings (SSSR count). The maximum absolute atomic E-state index is 11.5. The van der Waals surface area contributed by atoms with Crippen LogP contribution in [0.3, 0.4) is 0 Å². The molecule has 0 aromatic rings. The summed E-state index contributed by atoms with van der Waals surface area (Å²) in [6, 6.07) is 0. The fraction of sp³-hybridized carbons (Fsp3) is 0.857. The van der Waals surface area contributed by atoms with Crippen LogP contribution in [0, 0.1) is 0 Å². The van der Waals surface area contributed by atoms with Crippen molar-refractivity contribution in [3.63, 3.8) is 0 Å². The topological polar surface area (TPSA) is 83.9 Å². The second-order valence-corrected chi connectivity index (χ2v) is 5.68. The molecule has 82 valence electrons. The minimum Gasteiger partial charge on any atom is -0.480 e. The SMILES string of the molecule is CC1(C)COCN1S(=O)(=O)CC(=O)O. The summed E-state index contributed by atoms with van der Waals surface area (Å²) >= 11 is 0. The van der Waals surface area contributed by atoms with E-state index in [0.29, 0.717) is 0 Å². The lowest BCUT2D eigenvalue weighted by Crippen LogP contribution is -2.46. The molecular weight excluding hydrogens is 210 g/mol. The molecule has 1 aliphatic rings. The number of nitrogens with zero attached hydrogens (tertiary/aromatic N) is 1. The van der Waals surface area contributed by atoms with Crippen molar-refractivity contribution in [2.45, 2.75) is 19.4 Å². The van der Waals surface area contributed by atoms with Gasteiger partial charge in [0.05, 0.1) is 12.1 Å². The Balaban J connectivity index is 2.88. The molecule has 0 aliphatic carbocycles. The molecule has 0 aromatic carbocycles. The maximum Gasteiger partial charge on any atom is 0.320 e. The summed E-state index contributed by atoms with van der Waals surface area (Å²) in [7, 11) is -3.76. The second-order valence-electron chi connectivity index (χ2n) is 3.79. The van der Waals surface area contributed by atoms with Gasteiger partial charge in [0.1, 0.15) is 6.73 Å². The van der Waals surface area contributed by atoms with Gasteiger partial charge < -0.3 is 9.84 Å². The molecule has 7 heteroatoms. The largest absolute Gasteiger partial charge is 0.480 e. The molecule has 6 nitrogen and oxygen atoms in total. The molecule has 0 unspecified atom stereocenters. The van der Waals surface area contributed by atoms with Gasteiger partial charge >= 0.3 is 5.97 Å². The van der Waals surface area contributed by atoms with E-state index in [-0.39, 0.29) is 13.3 Å². The van der Waals surface area contributed by atoms with Crippen LogP contribution in [0.4, 0.5) is 0 Å². The van der Waals surface area contributed by atoms with E-state index in [2.05, 4.69) is 0 Å². The third-order valence-corrected chi connectivity index (χ3v) is 3.86. The van der Waals surface area contributed by atoms with Gasteiger partial charge in [-0.2, -0.15) is 4.31 Å². The van der Waals surface area contributed by atoms with Gasteiger partial charge in [-0.3, -0.25) is 4.79 Å². The molecule has 0 aromatic heterocycles. The van der Waals surface area contributed by atoms with Gasteiger partial charge in [-0.15, -0.1) is 0 Å². The fourth-order valence-corrected chi connectivity index (χ4v) is 2.82. The predicted molar refractivity (Wildman–Crippen MR) is 48.2 cm³/mol. The summed E-state index contributed by atoms with van der Waals surface area (Å²) in [4.78, 5) is 10.3. The zero-order valence-corrected chi connectivity index (χ0v) is 8.87. The number of carbonyl (C=O) groups is 1.